The van der Waals surface area contributed by atoms with Gasteiger partial charge in [0.1, 0.15) is 18.0 Å². The molecule has 0 saturated heterocycles. The first-order valence-electron chi connectivity index (χ1n) is 5.87. The van der Waals surface area contributed by atoms with E-state index in [4.69, 9.17) is 0 Å². The van der Waals surface area contributed by atoms with E-state index < -0.39 is 12.3 Å². The maximum atomic E-state index is 12.5. The number of carbonyl (C=O) groups is 1. The van der Waals surface area contributed by atoms with Gasteiger partial charge in [0, 0.05) is 17.4 Å². The van der Waals surface area contributed by atoms with Gasteiger partial charge in [-0.3, -0.25) is 9.48 Å². The van der Waals surface area contributed by atoms with Crippen molar-refractivity contribution in [3.05, 3.63) is 41.7 Å². The zero-order valence-corrected chi connectivity index (χ0v) is 10.7. The Morgan fingerprint density at radius 1 is 1.45 bits per heavy atom. The van der Waals surface area contributed by atoms with E-state index in [2.05, 4.69) is 10.4 Å². The van der Waals surface area contributed by atoms with Gasteiger partial charge in [0.15, 0.2) is 0 Å². The molecule has 0 saturated carbocycles. The Balaban J connectivity index is 2.05. The number of nitrogens with zero attached hydrogens (tertiary/aromatic N) is 2. The number of aromatic hydroxyl groups is 1. The summed E-state index contributed by atoms with van der Waals surface area (Å²) in [5.74, 6) is -0.388. The number of anilines is 1. The highest BCUT2D eigenvalue weighted by atomic mass is 19.3. The lowest BCUT2D eigenvalue weighted by Crippen LogP contribution is -2.20. The molecule has 0 aliphatic rings. The highest BCUT2D eigenvalue weighted by Crippen LogP contribution is 2.18. The Bertz CT molecular complexity index is 626. The van der Waals surface area contributed by atoms with Gasteiger partial charge in [-0.1, -0.05) is 6.07 Å². The summed E-state index contributed by atoms with van der Waals surface area (Å²) in [7, 11) is 0. The summed E-state index contributed by atoms with van der Waals surface area (Å²) >= 11 is 0. The van der Waals surface area contributed by atoms with E-state index in [0.29, 0.717) is 11.4 Å². The molecule has 1 heterocycles. The summed E-state index contributed by atoms with van der Waals surface area (Å²) in [6.45, 7) is 1.43. The molecule has 5 nitrogen and oxygen atoms in total. The molecule has 0 aliphatic heterocycles. The van der Waals surface area contributed by atoms with Crippen LogP contribution in [0.3, 0.4) is 0 Å². The van der Waals surface area contributed by atoms with Crippen molar-refractivity contribution in [2.45, 2.75) is 19.9 Å². The maximum Gasteiger partial charge on any atom is 0.282 e. The minimum Gasteiger partial charge on any atom is -0.508 e. The summed E-state index contributed by atoms with van der Waals surface area (Å²) < 4.78 is 26.2. The van der Waals surface area contributed by atoms with Crippen molar-refractivity contribution in [3.63, 3.8) is 0 Å². The summed E-state index contributed by atoms with van der Waals surface area (Å²) in [4.78, 5) is 11.8. The van der Waals surface area contributed by atoms with Gasteiger partial charge in [0.2, 0.25) is 5.91 Å². The fourth-order valence-corrected chi connectivity index (χ4v) is 1.72. The van der Waals surface area contributed by atoms with Gasteiger partial charge in [-0.05, 0) is 25.1 Å². The number of hydrogen-bond donors (Lipinski definition) is 2. The first-order chi connectivity index (χ1) is 9.45. The van der Waals surface area contributed by atoms with Gasteiger partial charge in [-0.2, -0.15) is 5.10 Å². The molecule has 1 aromatic heterocycles. The molecule has 0 unspecified atom stereocenters. The third kappa shape index (κ3) is 3.31. The van der Waals surface area contributed by atoms with Crippen LogP contribution >= 0.6 is 0 Å². The zero-order valence-electron chi connectivity index (χ0n) is 10.7. The molecule has 0 radical (unpaired) electrons. The molecule has 0 aliphatic carbocycles. The molecular weight excluding hydrogens is 268 g/mol. The van der Waals surface area contributed by atoms with Crippen LogP contribution in [-0.4, -0.2) is 20.8 Å². The molecule has 2 aromatic rings. The quantitative estimate of drug-likeness (QED) is 0.904. The Labute approximate surface area is 113 Å². The number of halogens is 2. The van der Waals surface area contributed by atoms with Gasteiger partial charge in [0.25, 0.3) is 6.43 Å². The van der Waals surface area contributed by atoms with Crippen molar-refractivity contribution in [3.8, 4) is 5.75 Å². The summed E-state index contributed by atoms with van der Waals surface area (Å²) in [6, 6.07) is 7.30. The normalized spacial score (nSPS) is 10.8. The fourth-order valence-electron chi connectivity index (χ4n) is 1.72. The number of aryl methyl sites for hydroxylation is 1. The average Bonchev–Trinajstić information content (AvgIpc) is 2.71. The molecule has 7 heteroatoms. The number of aromatic nitrogens is 2. The number of hydrogen-bond acceptors (Lipinski definition) is 3. The molecule has 0 atom stereocenters. The van der Waals surface area contributed by atoms with Gasteiger partial charge in [-0.25, -0.2) is 8.78 Å². The second kappa shape index (κ2) is 5.68. The molecule has 0 spiro atoms. The third-order valence-corrected chi connectivity index (χ3v) is 2.65. The standard InChI is InChI=1S/C13H13F2N3O2/c1-8-5-11(13(14)15)17-18(8)7-12(20)16-9-3-2-4-10(19)6-9/h2-6,13,19H,7H2,1H3,(H,16,20). The Hall–Kier alpha value is -2.44. The average molecular weight is 281 g/mol. The van der Waals surface area contributed by atoms with Gasteiger partial charge in [-0.15, -0.1) is 0 Å². The first kappa shape index (κ1) is 14.0. The van der Waals surface area contributed by atoms with Gasteiger partial charge in [0.05, 0.1) is 0 Å². The van der Waals surface area contributed by atoms with Crippen LogP contribution in [0.2, 0.25) is 0 Å². The maximum absolute atomic E-state index is 12.5. The van der Waals surface area contributed by atoms with Crippen molar-refractivity contribution in [1.29, 1.82) is 0 Å². The van der Waals surface area contributed by atoms with Gasteiger partial charge < -0.3 is 10.4 Å². The topological polar surface area (TPSA) is 67.2 Å². The molecular formula is C13H13F2N3O2. The van der Waals surface area contributed by atoms with Crippen LogP contribution in [0, 0.1) is 6.92 Å². The summed E-state index contributed by atoms with van der Waals surface area (Å²) in [6.07, 6.45) is -2.66. The van der Waals surface area contributed by atoms with E-state index >= 15 is 0 Å². The highest BCUT2D eigenvalue weighted by Gasteiger charge is 2.15. The Kier molecular flexibility index (Phi) is 3.97. The second-order valence-corrected chi connectivity index (χ2v) is 4.27. The lowest BCUT2D eigenvalue weighted by atomic mass is 10.3. The molecule has 0 bridgehead atoms. The minimum absolute atomic E-state index is 0.0260. The fraction of sp³-hybridized carbons (Fsp3) is 0.231. The Morgan fingerprint density at radius 3 is 2.80 bits per heavy atom. The van der Waals surface area contributed by atoms with E-state index in [1.165, 1.54) is 22.9 Å². The zero-order chi connectivity index (χ0) is 14.7. The molecule has 1 amide bonds. The molecule has 2 rings (SSSR count). The van der Waals surface area contributed by atoms with Crippen molar-refractivity contribution in [2.24, 2.45) is 0 Å². The minimum atomic E-state index is -2.66. The third-order valence-electron chi connectivity index (χ3n) is 2.65. The molecule has 20 heavy (non-hydrogen) atoms. The summed E-state index contributed by atoms with van der Waals surface area (Å²) in [5.41, 5.74) is 0.549. The van der Waals surface area contributed by atoms with Crippen molar-refractivity contribution < 1.29 is 18.7 Å². The van der Waals surface area contributed by atoms with E-state index in [0.717, 1.165) is 0 Å². The van der Waals surface area contributed by atoms with Gasteiger partial charge >= 0.3 is 0 Å². The van der Waals surface area contributed by atoms with Crippen LogP contribution in [-0.2, 0) is 11.3 Å². The largest absolute Gasteiger partial charge is 0.508 e. The molecule has 2 N–H and O–H groups in total. The van der Waals surface area contributed by atoms with Crippen molar-refractivity contribution in [1.82, 2.24) is 9.78 Å². The first-order valence-corrected chi connectivity index (χ1v) is 5.87. The molecule has 106 valence electrons. The number of phenolic OH excluding ortho intramolecular Hbond substituents is 1. The number of rotatable bonds is 4. The number of nitrogens with one attached hydrogen (secondary N) is 1. The Morgan fingerprint density at radius 2 is 2.20 bits per heavy atom. The van der Waals surface area contributed by atoms with E-state index in [1.54, 1.807) is 19.1 Å². The van der Waals surface area contributed by atoms with Crippen molar-refractivity contribution >= 4 is 11.6 Å². The highest BCUT2D eigenvalue weighted by molar-refractivity contribution is 5.90. The van der Waals surface area contributed by atoms with E-state index in [-0.39, 0.29) is 18.0 Å². The number of carbonyl (C=O) groups excluding carboxylic acids is 1. The predicted octanol–water partition coefficient (Wildman–Crippen LogP) is 2.47. The van der Waals surface area contributed by atoms with E-state index in [9.17, 15) is 18.7 Å². The number of phenols is 1. The lowest BCUT2D eigenvalue weighted by molar-refractivity contribution is -0.117. The molecule has 1 aromatic carbocycles. The smallest absolute Gasteiger partial charge is 0.282 e. The van der Waals surface area contributed by atoms with Crippen LogP contribution in [0.4, 0.5) is 14.5 Å². The number of benzene rings is 1. The number of alkyl halides is 2. The van der Waals surface area contributed by atoms with Crippen molar-refractivity contribution in [2.75, 3.05) is 5.32 Å². The number of amides is 1. The van der Waals surface area contributed by atoms with E-state index in [1.807, 2.05) is 0 Å². The van der Waals surface area contributed by atoms with Crippen LogP contribution in [0.5, 0.6) is 5.75 Å². The van der Waals surface area contributed by atoms with Crippen LogP contribution in [0.15, 0.2) is 30.3 Å². The summed E-state index contributed by atoms with van der Waals surface area (Å²) in [5, 5.41) is 15.5. The van der Waals surface area contributed by atoms with Crippen LogP contribution in [0.25, 0.3) is 0 Å². The predicted molar refractivity (Wildman–Crippen MR) is 68.7 cm³/mol. The van der Waals surface area contributed by atoms with Crippen LogP contribution in [0.1, 0.15) is 17.8 Å². The monoisotopic (exact) mass is 281 g/mol. The SMILES string of the molecule is Cc1cc(C(F)F)nn1CC(=O)Nc1cccc(O)c1. The molecule has 0 fully saturated rings. The lowest BCUT2D eigenvalue weighted by Gasteiger charge is -2.07. The second-order valence-electron chi connectivity index (χ2n) is 4.27. The van der Waals surface area contributed by atoms with Crippen LogP contribution < -0.4 is 5.32 Å².